The highest BCUT2D eigenvalue weighted by Gasteiger charge is 2.15. The van der Waals surface area contributed by atoms with Crippen LogP contribution < -0.4 is 15.1 Å². The van der Waals surface area contributed by atoms with E-state index in [2.05, 4.69) is 41.6 Å². The molecule has 0 atom stereocenters. The Morgan fingerprint density at radius 1 is 1.09 bits per heavy atom. The summed E-state index contributed by atoms with van der Waals surface area (Å²) in [4.78, 5) is 0. The minimum absolute atomic E-state index is 0.590. The second-order valence-corrected chi connectivity index (χ2v) is 5.22. The second kappa shape index (κ2) is 6.98. The Balaban J connectivity index is 1.59. The minimum atomic E-state index is 0.590. The Hall–Kier alpha value is -2.49. The smallest absolute Gasteiger partial charge is 0.124 e. The normalized spacial score (nSPS) is 13.9. The molecule has 0 aromatic heterocycles. The molecule has 1 aliphatic rings. The lowest BCUT2D eigenvalue weighted by Gasteiger charge is -2.14. The van der Waals surface area contributed by atoms with Crippen LogP contribution in [0.2, 0.25) is 0 Å². The zero-order valence-corrected chi connectivity index (χ0v) is 12.8. The summed E-state index contributed by atoms with van der Waals surface area (Å²) in [7, 11) is 0. The van der Waals surface area contributed by atoms with Gasteiger partial charge in [0.1, 0.15) is 18.2 Å². The summed E-state index contributed by atoms with van der Waals surface area (Å²) in [6.45, 7) is 4.52. The lowest BCUT2D eigenvalue weighted by atomic mass is 10.2. The predicted octanol–water partition coefficient (Wildman–Crippen LogP) is 3.40. The van der Waals surface area contributed by atoms with Crippen LogP contribution in [0.15, 0.2) is 59.7 Å². The maximum Gasteiger partial charge on any atom is 0.124 e. The fraction of sp³-hybridized carbons (Fsp3) is 0.278. The molecule has 0 aliphatic carbocycles. The number of benzene rings is 2. The van der Waals surface area contributed by atoms with Crippen molar-refractivity contribution in [2.75, 3.05) is 18.1 Å². The Morgan fingerprint density at radius 3 is 2.59 bits per heavy atom. The highest BCUT2D eigenvalue weighted by Crippen LogP contribution is 2.22. The van der Waals surface area contributed by atoms with Gasteiger partial charge in [0, 0.05) is 19.5 Å². The third kappa shape index (κ3) is 3.58. The molecular weight excluding hydrogens is 274 g/mol. The zero-order valence-electron chi connectivity index (χ0n) is 12.8. The van der Waals surface area contributed by atoms with E-state index in [4.69, 9.17) is 4.74 Å². The van der Waals surface area contributed by atoms with Crippen molar-refractivity contribution >= 4 is 11.5 Å². The van der Waals surface area contributed by atoms with Crippen molar-refractivity contribution in [2.24, 2.45) is 5.10 Å². The number of anilines is 1. The van der Waals surface area contributed by atoms with Gasteiger partial charge in [0.15, 0.2) is 0 Å². The molecule has 1 heterocycles. The van der Waals surface area contributed by atoms with Crippen LogP contribution in [-0.2, 0) is 6.61 Å². The van der Waals surface area contributed by atoms with Crippen molar-refractivity contribution in [1.29, 1.82) is 0 Å². The predicted molar refractivity (Wildman–Crippen MR) is 90.3 cm³/mol. The number of rotatable bonds is 5. The molecule has 4 heteroatoms. The van der Waals surface area contributed by atoms with Gasteiger partial charge < -0.3 is 10.1 Å². The third-order valence-electron chi connectivity index (χ3n) is 3.57. The quantitative estimate of drug-likeness (QED) is 0.918. The first kappa shape index (κ1) is 14.4. The molecule has 0 unspecified atom stereocenters. The summed E-state index contributed by atoms with van der Waals surface area (Å²) < 4.78 is 5.80. The fourth-order valence-electron chi connectivity index (χ4n) is 2.43. The van der Waals surface area contributed by atoms with E-state index < -0.39 is 0 Å². The first-order chi connectivity index (χ1) is 10.8. The average Bonchev–Trinajstić information content (AvgIpc) is 3.03. The van der Waals surface area contributed by atoms with Crippen LogP contribution in [0.1, 0.15) is 18.9 Å². The topological polar surface area (TPSA) is 36.9 Å². The number of amidine groups is 1. The maximum atomic E-state index is 5.80. The highest BCUT2D eigenvalue weighted by molar-refractivity contribution is 5.85. The van der Waals surface area contributed by atoms with Gasteiger partial charge in [-0.05, 0) is 36.8 Å². The molecule has 2 aromatic rings. The van der Waals surface area contributed by atoms with Crippen LogP contribution in [0.4, 0.5) is 5.69 Å². The van der Waals surface area contributed by atoms with Gasteiger partial charge in [0.2, 0.25) is 0 Å². The van der Waals surface area contributed by atoms with Crippen LogP contribution in [0.25, 0.3) is 0 Å². The standard InChI is InChI=1S/C18H21N3O/c1-2-19-18-12-13-21(20-18)16-8-10-17(11-9-16)22-14-15-6-4-3-5-7-15/h3-11H,2,12-14H2,1H3,(H,19,20). The first-order valence-electron chi connectivity index (χ1n) is 7.71. The summed E-state index contributed by atoms with van der Waals surface area (Å²) >= 11 is 0. The SMILES string of the molecule is CCNC1=NN(c2ccc(OCc3ccccc3)cc2)CC1. The summed E-state index contributed by atoms with van der Waals surface area (Å²) in [5, 5.41) is 9.87. The van der Waals surface area contributed by atoms with E-state index in [1.807, 2.05) is 35.3 Å². The molecule has 0 amide bonds. The first-order valence-corrected chi connectivity index (χ1v) is 7.71. The van der Waals surface area contributed by atoms with Crippen molar-refractivity contribution < 1.29 is 4.74 Å². The fourth-order valence-corrected chi connectivity index (χ4v) is 2.43. The molecule has 4 nitrogen and oxygen atoms in total. The van der Waals surface area contributed by atoms with Crippen LogP contribution in [0.3, 0.4) is 0 Å². The van der Waals surface area contributed by atoms with E-state index in [9.17, 15) is 0 Å². The molecule has 3 rings (SSSR count). The van der Waals surface area contributed by atoms with Crippen LogP contribution in [-0.4, -0.2) is 18.9 Å². The summed E-state index contributed by atoms with van der Waals surface area (Å²) in [6.07, 6.45) is 0.972. The van der Waals surface area contributed by atoms with Crippen molar-refractivity contribution in [3.63, 3.8) is 0 Å². The van der Waals surface area contributed by atoms with Gasteiger partial charge in [-0.15, -0.1) is 0 Å². The Morgan fingerprint density at radius 2 is 1.86 bits per heavy atom. The zero-order chi connectivity index (χ0) is 15.2. The molecule has 0 bridgehead atoms. The van der Waals surface area contributed by atoms with Crippen molar-refractivity contribution in [3.05, 3.63) is 60.2 Å². The average molecular weight is 295 g/mol. The molecule has 0 spiro atoms. The molecule has 0 saturated carbocycles. The minimum Gasteiger partial charge on any atom is -0.489 e. The van der Waals surface area contributed by atoms with E-state index >= 15 is 0 Å². The van der Waals surface area contributed by atoms with Gasteiger partial charge in [0.25, 0.3) is 0 Å². The number of hydrogen-bond donors (Lipinski definition) is 1. The van der Waals surface area contributed by atoms with Gasteiger partial charge in [-0.25, -0.2) is 0 Å². The Labute approximate surface area is 131 Å². The Bertz CT molecular complexity index is 623. The van der Waals surface area contributed by atoms with Crippen LogP contribution in [0, 0.1) is 0 Å². The van der Waals surface area contributed by atoms with E-state index in [0.29, 0.717) is 6.61 Å². The highest BCUT2D eigenvalue weighted by atomic mass is 16.5. The molecule has 22 heavy (non-hydrogen) atoms. The number of hydrazone groups is 1. The molecule has 1 aliphatic heterocycles. The number of nitrogens with zero attached hydrogens (tertiary/aromatic N) is 2. The number of nitrogens with one attached hydrogen (secondary N) is 1. The van der Waals surface area contributed by atoms with Gasteiger partial charge in [-0.2, -0.15) is 5.10 Å². The lowest BCUT2D eigenvalue weighted by molar-refractivity contribution is 0.306. The van der Waals surface area contributed by atoms with Crippen molar-refractivity contribution in [3.8, 4) is 5.75 Å². The van der Waals surface area contributed by atoms with Crippen molar-refractivity contribution in [2.45, 2.75) is 20.0 Å². The number of hydrogen-bond acceptors (Lipinski definition) is 4. The van der Waals surface area contributed by atoms with Gasteiger partial charge in [-0.1, -0.05) is 30.3 Å². The Kier molecular flexibility index (Phi) is 4.59. The third-order valence-corrected chi connectivity index (χ3v) is 3.57. The van der Waals surface area contributed by atoms with Crippen LogP contribution >= 0.6 is 0 Å². The summed E-state index contributed by atoms with van der Waals surface area (Å²) in [5.74, 6) is 1.94. The van der Waals surface area contributed by atoms with Crippen LogP contribution in [0.5, 0.6) is 5.75 Å². The van der Waals surface area contributed by atoms with E-state index in [0.717, 1.165) is 36.8 Å². The second-order valence-electron chi connectivity index (χ2n) is 5.22. The van der Waals surface area contributed by atoms with E-state index in [1.165, 1.54) is 5.56 Å². The molecular formula is C18H21N3O. The molecule has 2 aromatic carbocycles. The van der Waals surface area contributed by atoms with E-state index in [1.54, 1.807) is 0 Å². The molecule has 0 saturated heterocycles. The summed E-state index contributed by atoms with van der Waals surface area (Å²) in [5.41, 5.74) is 2.27. The van der Waals surface area contributed by atoms with Gasteiger partial charge in [-0.3, -0.25) is 5.01 Å². The van der Waals surface area contributed by atoms with Gasteiger partial charge in [0.05, 0.1) is 5.69 Å². The molecule has 0 radical (unpaired) electrons. The monoisotopic (exact) mass is 295 g/mol. The van der Waals surface area contributed by atoms with Gasteiger partial charge >= 0.3 is 0 Å². The largest absolute Gasteiger partial charge is 0.489 e. The maximum absolute atomic E-state index is 5.80. The van der Waals surface area contributed by atoms with Crippen molar-refractivity contribution in [1.82, 2.24) is 5.32 Å². The molecule has 0 fully saturated rings. The molecule has 1 N–H and O–H groups in total. The van der Waals surface area contributed by atoms with E-state index in [-0.39, 0.29) is 0 Å². The summed E-state index contributed by atoms with van der Waals surface area (Å²) in [6, 6.07) is 18.3. The lowest BCUT2D eigenvalue weighted by Crippen LogP contribution is -2.20. The molecule has 114 valence electrons. The number of ether oxygens (including phenoxy) is 1.